The lowest BCUT2D eigenvalue weighted by molar-refractivity contribution is 0.0939. The van der Waals surface area contributed by atoms with Crippen LogP contribution in [0.5, 0.6) is 5.75 Å². The largest absolute Gasteiger partial charge is 0.496 e. The first-order valence-electron chi connectivity index (χ1n) is 5.16. The Morgan fingerprint density at radius 3 is 2.00 bits per heavy atom. The number of carbonyl (C=O) groups is 1. The van der Waals surface area contributed by atoms with E-state index >= 15 is 0 Å². The number of hydrogen-bond acceptors (Lipinski definition) is 2. The van der Waals surface area contributed by atoms with Crippen molar-refractivity contribution in [3.8, 4) is 5.75 Å². The Bertz CT molecular complexity index is 355. The van der Waals surface area contributed by atoms with Crippen molar-refractivity contribution in [2.45, 2.75) is 27.7 Å². The van der Waals surface area contributed by atoms with Gasteiger partial charge in [-0.3, -0.25) is 4.79 Å². The number of methoxy groups -OCH3 is 1. The van der Waals surface area contributed by atoms with Crippen molar-refractivity contribution in [2.24, 2.45) is 5.92 Å². The third-order valence-electron chi connectivity index (χ3n) is 2.47. The normalized spacial score (nSPS) is 10.5. The van der Waals surface area contributed by atoms with Crippen LogP contribution in [-0.2, 0) is 0 Å². The maximum Gasteiger partial charge on any atom is 0.165 e. The summed E-state index contributed by atoms with van der Waals surface area (Å²) in [7, 11) is 1.65. The van der Waals surface area contributed by atoms with E-state index in [-0.39, 0.29) is 11.7 Å². The molecule has 0 aliphatic carbocycles. The van der Waals surface area contributed by atoms with Crippen LogP contribution in [0, 0.1) is 19.8 Å². The van der Waals surface area contributed by atoms with E-state index in [0.29, 0.717) is 0 Å². The number of Topliss-reactive ketones (excluding diaryl/α,β-unsaturated/α-hetero) is 1. The van der Waals surface area contributed by atoms with E-state index in [0.717, 1.165) is 22.4 Å². The van der Waals surface area contributed by atoms with Gasteiger partial charge >= 0.3 is 0 Å². The predicted molar refractivity (Wildman–Crippen MR) is 61.6 cm³/mol. The van der Waals surface area contributed by atoms with E-state index in [1.165, 1.54) is 0 Å². The van der Waals surface area contributed by atoms with Crippen LogP contribution in [0.1, 0.15) is 35.3 Å². The van der Waals surface area contributed by atoms with Gasteiger partial charge in [-0.1, -0.05) is 13.8 Å². The standard InChI is InChI=1S/C13H18O2/c1-8(2)12(14)11-6-9(3)13(15-5)10(4)7-11/h6-8H,1-5H3. The second-order valence-corrected chi connectivity index (χ2v) is 4.16. The smallest absolute Gasteiger partial charge is 0.165 e. The van der Waals surface area contributed by atoms with Crippen LogP contribution >= 0.6 is 0 Å². The summed E-state index contributed by atoms with van der Waals surface area (Å²) in [5.41, 5.74) is 2.81. The number of rotatable bonds is 3. The average Bonchev–Trinajstić information content (AvgIpc) is 2.15. The molecule has 0 amide bonds. The Balaban J connectivity index is 3.20. The van der Waals surface area contributed by atoms with Gasteiger partial charge in [0.2, 0.25) is 0 Å². The maximum atomic E-state index is 11.8. The molecule has 1 rings (SSSR count). The van der Waals surface area contributed by atoms with Crippen LogP contribution < -0.4 is 4.74 Å². The predicted octanol–water partition coefficient (Wildman–Crippen LogP) is 3.15. The molecule has 0 fully saturated rings. The highest BCUT2D eigenvalue weighted by atomic mass is 16.5. The fourth-order valence-electron chi connectivity index (χ4n) is 1.75. The van der Waals surface area contributed by atoms with Crippen molar-refractivity contribution < 1.29 is 9.53 Å². The summed E-state index contributed by atoms with van der Waals surface area (Å²) in [6, 6.07) is 3.79. The minimum Gasteiger partial charge on any atom is -0.496 e. The lowest BCUT2D eigenvalue weighted by Gasteiger charge is -2.11. The molecule has 0 saturated carbocycles. The number of ether oxygens (including phenoxy) is 1. The summed E-state index contributed by atoms with van der Waals surface area (Å²) in [6.07, 6.45) is 0. The minimum atomic E-state index is 0.0391. The highest BCUT2D eigenvalue weighted by Gasteiger charge is 2.13. The molecular weight excluding hydrogens is 188 g/mol. The SMILES string of the molecule is COc1c(C)cc(C(=O)C(C)C)cc1C. The zero-order valence-corrected chi connectivity index (χ0v) is 10.0. The highest BCUT2D eigenvalue weighted by Crippen LogP contribution is 2.25. The van der Waals surface area contributed by atoms with Gasteiger partial charge in [0.25, 0.3) is 0 Å². The zero-order valence-electron chi connectivity index (χ0n) is 10.0. The first-order valence-corrected chi connectivity index (χ1v) is 5.16. The fraction of sp³-hybridized carbons (Fsp3) is 0.462. The van der Waals surface area contributed by atoms with E-state index in [9.17, 15) is 4.79 Å². The van der Waals surface area contributed by atoms with Crippen molar-refractivity contribution in [3.63, 3.8) is 0 Å². The number of benzene rings is 1. The third kappa shape index (κ3) is 2.38. The lowest BCUT2D eigenvalue weighted by Crippen LogP contribution is -2.08. The zero-order chi connectivity index (χ0) is 11.6. The quantitative estimate of drug-likeness (QED) is 0.710. The van der Waals surface area contributed by atoms with Crippen LogP contribution in [0.25, 0.3) is 0 Å². The van der Waals surface area contributed by atoms with Crippen molar-refractivity contribution in [1.29, 1.82) is 0 Å². The van der Waals surface area contributed by atoms with Crippen LogP contribution in [-0.4, -0.2) is 12.9 Å². The Kier molecular flexibility index (Phi) is 3.51. The highest BCUT2D eigenvalue weighted by molar-refractivity contribution is 5.98. The van der Waals surface area contributed by atoms with Crippen molar-refractivity contribution in [1.82, 2.24) is 0 Å². The monoisotopic (exact) mass is 206 g/mol. The second kappa shape index (κ2) is 4.47. The fourth-order valence-corrected chi connectivity index (χ4v) is 1.75. The van der Waals surface area contributed by atoms with Gasteiger partial charge in [0, 0.05) is 11.5 Å². The van der Waals surface area contributed by atoms with Crippen LogP contribution in [0.15, 0.2) is 12.1 Å². The van der Waals surface area contributed by atoms with Crippen LogP contribution in [0.2, 0.25) is 0 Å². The number of aryl methyl sites for hydroxylation is 2. The molecule has 1 aromatic carbocycles. The second-order valence-electron chi connectivity index (χ2n) is 4.16. The number of hydrogen-bond donors (Lipinski definition) is 0. The Morgan fingerprint density at radius 2 is 1.67 bits per heavy atom. The molecule has 0 radical (unpaired) electrons. The molecule has 0 saturated heterocycles. The summed E-state index contributed by atoms with van der Waals surface area (Å²) < 4.78 is 5.26. The van der Waals surface area contributed by atoms with Gasteiger partial charge in [-0.15, -0.1) is 0 Å². The maximum absolute atomic E-state index is 11.8. The van der Waals surface area contributed by atoms with Crippen molar-refractivity contribution in [2.75, 3.05) is 7.11 Å². The molecule has 0 spiro atoms. The summed E-state index contributed by atoms with van der Waals surface area (Å²) in [5.74, 6) is 1.09. The van der Waals surface area contributed by atoms with Gasteiger partial charge < -0.3 is 4.74 Å². The van der Waals surface area contributed by atoms with Crippen LogP contribution in [0.4, 0.5) is 0 Å². The van der Waals surface area contributed by atoms with Gasteiger partial charge in [0.05, 0.1) is 7.11 Å². The molecule has 0 aromatic heterocycles. The molecule has 15 heavy (non-hydrogen) atoms. The summed E-state index contributed by atoms with van der Waals surface area (Å²) >= 11 is 0. The molecule has 0 N–H and O–H groups in total. The van der Waals surface area contributed by atoms with Gasteiger partial charge in [-0.2, -0.15) is 0 Å². The molecule has 0 unspecified atom stereocenters. The summed E-state index contributed by atoms with van der Waals surface area (Å²) in [4.78, 5) is 11.8. The van der Waals surface area contributed by atoms with E-state index in [1.54, 1.807) is 7.11 Å². The van der Waals surface area contributed by atoms with Crippen molar-refractivity contribution >= 4 is 5.78 Å². The van der Waals surface area contributed by atoms with E-state index < -0.39 is 0 Å². The molecule has 1 aromatic rings. The van der Waals surface area contributed by atoms with E-state index in [2.05, 4.69) is 0 Å². The van der Waals surface area contributed by atoms with E-state index in [1.807, 2.05) is 39.8 Å². The van der Waals surface area contributed by atoms with Gasteiger partial charge in [-0.25, -0.2) is 0 Å². The number of ketones is 1. The van der Waals surface area contributed by atoms with E-state index in [4.69, 9.17) is 4.74 Å². The van der Waals surface area contributed by atoms with Gasteiger partial charge in [0.15, 0.2) is 5.78 Å². The van der Waals surface area contributed by atoms with Crippen LogP contribution in [0.3, 0.4) is 0 Å². The Hall–Kier alpha value is -1.31. The Morgan fingerprint density at radius 1 is 1.20 bits per heavy atom. The Labute approximate surface area is 91.3 Å². The molecule has 0 aliphatic rings. The molecular formula is C13H18O2. The molecule has 0 heterocycles. The first kappa shape index (κ1) is 11.8. The first-order chi connectivity index (χ1) is 6.97. The lowest BCUT2D eigenvalue weighted by atomic mass is 9.97. The molecule has 82 valence electrons. The molecule has 0 bridgehead atoms. The van der Waals surface area contributed by atoms with Gasteiger partial charge in [-0.05, 0) is 37.1 Å². The molecule has 2 nitrogen and oxygen atoms in total. The third-order valence-corrected chi connectivity index (χ3v) is 2.47. The summed E-state index contributed by atoms with van der Waals surface area (Å²) in [6.45, 7) is 7.75. The topological polar surface area (TPSA) is 26.3 Å². The summed E-state index contributed by atoms with van der Waals surface area (Å²) in [5, 5.41) is 0. The molecule has 0 atom stereocenters. The van der Waals surface area contributed by atoms with Crippen molar-refractivity contribution in [3.05, 3.63) is 28.8 Å². The molecule has 0 aliphatic heterocycles. The minimum absolute atomic E-state index is 0.0391. The molecule has 2 heteroatoms. The number of carbonyl (C=O) groups excluding carboxylic acids is 1. The average molecular weight is 206 g/mol. The van der Waals surface area contributed by atoms with Gasteiger partial charge in [0.1, 0.15) is 5.75 Å².